The highest BCUT2D eigenvalue weighted by Crippen LogP contribution is 2.28. The molecule has 0 fully saturated rings. The SMILES string of the molecule is c1ccc(CC2CN=C(c3ccccc3)S2)cc1. The maximum absolute atomic E-state index is 4.66. The van der Waals surface area contributed by atoms with E-state index in [4.69, 9.17) is 0 Å². The molecule has 2 heteroatoms. The lowest BCUT2D eigenvalue weighted by atomic mass is 10.1. The van der Waals surface area contributed by atoms with Crippen LogP contribution in [-0.4, -0.2) is 16.8 Å². The smallest absolute Gasteiger partial charge is 0.0980 e. The first kappa shape index (κ1) is 11.5. The van der Waals surface area contributed by atoms with E-state index in [1.807, 2.05) is 17.8 Å². The van der Waals surface area contributed by atoms with Crippen molar-refractivity contribution in [2.24, 2.45) is 4.99 Å². The van der Waals surface area contributed by atoms with E-state index in [1.165, 1.54) is 16.2 Å². The van der Waals surface area contributed by atoms with Crippen LogP contribution in [0, 0.1) is 0 Å². The van der Waals surface area contributed by atoms with Crippen LogP contribution in [0.5, 0.6) is 0 Å². The van der Waals surface area contributed by atoms with Crippen LogP contribution in [0.25, 0.3) is 0 Å². The second kappa shape index (κ2) is 5.40. The molecule has 1 atom stereocenters. The second-order valence-corrected chi connectivity index (χ2v) is 5.73. The van der Waals surface area contributed by atoms with E-state index in [0.29, 0.717) is 5.25 Å². The molecule has 0 radical (unpaired) electrons. The minimum Gasteiger partial charge on any atom is -0.277 e. The Balaban J connectivity index is 1.65. The molecule has 0 saturated carbocycles. The Morgan fingerprint density at radius 2 is 1.61 bits per heavy atom. The van der Waals surface area contributed by atoms with Crippen LogP contribution in [0.2, 0.25) is 0 Å². The summed E-state index contributed by atoms with van der Waals surface area (Å²) in [7, 11) is 0. The van der Waals surface area contributed by atoms with Gasteiger partial charge in [-0.2, -0.15) is 0 Å². The van der Waals surface area contributed by atoms with Crippen molar-refractivity contribution in [1.29, 1.82) is 0 Å². The van der Waals surface area contributed by atoms with Crippen molar-refractivity contribution < 1.29 is 0 Å². The van der Waals surface area contributed by atoms with Crippen molar-refractivity contribution in [2.75, 3.05) is 6.54 Å². The number of thioether (sulfide) groups is 1. The van der Waals surface area contributed by atoms with Crippen LogP contribution in [0.1, 0.15) is 11.1 Å². The van der Waals surface area contributed by atoms with Crippen LogP contribution in [0.4, 0.5) is 0 Å². The molecule has 0 aliphatic carbocycles. The van der Waals surface area contributed by atoms with Crippen LogP contribution in [-0.2, 0) is 6.42 Å². The van der Waals surface area contributed by atoms with E-state index in [1.54, 1.807) is 0 Å². The van der Waals surface area contributed by atoms with Gasteiger partial charge in [0.15, 0.2) is 0 Å². The molecule has 1 aliphatic heterocycles. The molecule has 0 N–H and O–H groups in total. The molecule has 1 unspecified atom stereocenters. The van der Waals surface area contributed by atoms with Gasteiger partial charge in [-0.15, -0.1) is 11.8 Å². The average molecular weight is 253 g/mol. The summed E-state index contributed by atoms with van der Waals surface area (Å²) in [5.74, 6) is 0. The summed E-state index contributed by atoms with van der Waals surface area (Å²) in [5, 5.41) is 1.78. The third-order valence-electron chi connectivity index (χ3n) is 3.04. The molecular weight excluding hydrogens is 238 g/mol. The first-order valence-electron chi connectivity index (χ1n) is 6.22. The third-order valence-corrected chi connectivity index (χ3v) is 4.28. The maximum Gasteiger partial charge on any atom is 0.0980 e. The number of rotatable bonds is 3. The van der Waals surface area contributed by atoms with Crippen molar-refractivity contribution >= 4 is 16.8 Å². The minimum absolute atomic E-state index is 0.586. The molecule has 3 rings (SSSR count). The molecule has 1 aliphatic rings. The standard InChI is InChI=1S/C16H15NS/c1-3-7-13(8-4-1)11-15-12-17-16(18-15)14-9-5-2-6-10-14/h1-10,15H,11-12H2. The lowest BCUT2D eigenvalue weighted by Gasteiger charge is -2.08. The van der Waals surface area contributed by atoms with Crippen LogP contribution < -0.4 is 0 Å². The van der Waals surface area contributed by atoms with Gasteiger partial charge in [0.05, 0.1) is 11.6 Å². The Bertz CT molecular complexity index is 534. The Labute approximate surface area is 112 Å². The van der Waals surface area contributed by atoms with Gasteiger partial charge < -0.3 is 0 Å². The summed E-state index contributed by atoms with van der Waals surface area (Å²) in [6.45, 7) is 0.934. The van der Waals surface area contributed by atoms with Gasteiger partial charge in [0.25, 0.3) is 0 Å². The predicted octanol–water partition coefficient (Wildman–Crippen LogP) is 3.79. The Morgan fingerprint density at radius 3 is 2.33 bits per heavy atom. The first-order chi connectivity index (χ1) is 8.92. The summed E-state index contributed by atoms with van der Waals surface area (Å²) in [6, 6.07) is 21.1. The lowest BCUT2D eigenvalue weighted by Crippen LogP contribution is -2.07. The predicted molar refractivity (Wildman–Crippen MR) is 79.4 cm³/mol. The normalized spacial score (nSPS) is 18.7. The summed E-state index contributed by atoms with van der Waals surface area (Å²) in [6.07, 6.45) is 1.10. The Morgan fingerprint density at radius 1 is 0.944 bits per heavy atom. The summed E-state index contributed by atoms with van der Waals surface area (Å²) in [4.78, 5) is 4.66. The highest BCUT2D eigenvalue weighted by Gasteiger charge is 2.20. The fourth-order valence-electron chi connectivity index (χ4n) is 2.14. The summed E-state index contributed by atoms with van der Waals surface area (Å²) in [5.41, 5.74) is 2.65. The molecule has 1 heterocycles. The molecule has 1 nitrogen and oxygen atoms in total. The van der Waals surface area contributed by atoms with Gasteiger partial charge in [0.2, 0.25) is 0 Å². The molecule has 90 valence electrons. The molecule has 18 heavy (non-hydrogen) atoms. The van der Waals surface area contributed by atoms with Crippen molar-refractivity contribution in [1.82, 2.24) is 0 Å². The number of aliphatic imine (C=N–C) groups is 1. The average Bonchev–Trinajstić information content (AvgIpc) is 2.89. The van der Waals surface area contributed by atoms with Crippen molar-refractivity contribution in [3.05, 3.63) is 71.8 Å². The number of nitrogens with zero attached hydrogens (tertiary/aromatic N) is 1. The van der Waals surface area contributed by atoms with Gasteiger partial charge in [-0.05, 0) is 12.0 Å². The first-order valence-corrected chi connectivity index (χ1v) is 7.10. The zero-order valence-electron chi connectivity index (χ0n) is 10.1. The van der Waals surface area contributed by atoms with E-state index < -0.39 is 0 Å². The van der Waals surface area contributed by atoms with Crippen LogP contribution >= 0.6 is 11.8 Å². The summed E-state index contributed by atoms with van der Waals surface area (Å²) >= 11 is 1.91. The highest BCUT2D eigenvalue weighted by molar-refractivity contribution is 8.15. The van der Waals surface area contributed by atoms with Gasteiger partial charge in [-0.3, -0.25) is 4.99 Å². The minimum atomic E-state index is 0.586. The number of hydrogen-bond acceptors (Lipinski definition) is 2. The van der Waals surface area contributed by atoms with E-state index in [-0.39, 0.29) is 0 Å². The number of benzene rings is 2. The molecule has 0 aromatic heterocycles. The van der Waals surface area contributed by atoms with Gasteiger partial charge in [0, 0.05) is 10.8 Å². The molecule has 0 saturated heterocycles. The van der Waals surface area contributed by atoms with Crippen molar-refractivity contribution in [3.8, 4) is 0 Å². The number of hydrogen-bond donors (Lipinski definition) is 0. The zero-order chi connectivity index (χ0) is 12.2. The Hall–Kier alpha value is -1.54. The van der Waals surface area contributed by atoms with Gasteiger partial charge >= 0.3 is 0 Å². The van der Waals surface area contributed by atoms with Gasteiger partial charge in [-0.1, -0.05) is 60.7 Å². The Kier molecular flexibility index (Phi) is 3.47. The van der Waals surface area contributed by atoms with Crippen LogP contribution in [0.15, 0.2) is 65.7 Å². The topological polar surface area (TPSA) is 12.4 Å². The molecule has 0 amide bonds. The maximum atomic E-state index is 4.66. The fourth-order valence-corrected chi connectivity index (χ4v) is 3.30. The lowest BCUT2D eigenvalue weighted by molar-refractivity contribution is 0.871. The molecule has 0 bridgehead atoms. The van der Waals surface area contributed by atoms with Gasteiger partial charge in [0.1, 0.15) is 0 Å². The largest absolute Gasteiger partial charge is 0.277 e. The molecular formula is C16H15NS. The quantitative estimate of drug-likeness (QED) is 0.810. The highest BCUT2D eigenvalue weighted by atomic mass is 32.2. The molecule has 2 aromatic carbocycles. The van der Waals surface area contributed by atoms with E-state index >= 15 is 0 Å². The van der Waals surface area contributed by atoms with E-state index in [9.17, 15) is 0 Å². The third kappa shape index (κ3) is 2.65. The molecule has 2 aromatic rings. The van der Waals surface area contributed by atoms with Crippen LogP contribution in [0.3, 0.4) is 0 Å². The van der Waals surface area contributed by atoms with Gasteiger partial charge in [-0.25, -0.2) is 0 Å². The molecule has 0 spiro atoms. The zero-order valence-corrected chi connectivity index (χ0v) is 10.9. The van der Waals surface area contributed by atoms with E-state index in [0.717, 1.165) is 13.0 Å². The monoisotopic (exact) mass is 253 g/mol. The van der Waals surface area contributed by atoms with Crippen molar-refractivity contribution in [2.45, 2.75) is 11.7 Å². The second-order valence-electron chi connectivity index (χ2n) is 4.44. The van der Waals surface area contributed by atoms with Crippen molar-refractivity contribution in [3.63, 3.8) is 0 Å². The van der Waals surface area contributed by atoms with E-state index in [2.05, 4.69) is 59.6 Å². The fraction of sp³-hybridized carbons (Fsp3) is 0.188. The summed E-state index contributed by atoms with van der Waals surface area (Å²) < 4.78 is 0.